The first-order chi connectivity index (χ1) is 12.1. The van der Waals surface area contributed by atoms with E-state index in [1.54, 1.807) is 48.7 Å². The van der Waals surface area contributed by atoms with Crippen molar-refractivity contribution in [1.29, 1.82) is 0 Å². The molecule has 0 bridgehead atoms. The summed E-state index contributed by atoms with van der Waals surface area (Å²) in [5.41, 5.74) is 1.20. The second kappa shape index (κ2) is 6.25. The van der Waals surface area contributed by atoms with Crippen LogP contribution in [-0.4, -0.2) is 21.7 Å². The van der Waals surface area contributed by atoms with Gasteiger partial charge < -0.3 is 13.9 Å². The van der Waals surface area contributed by atoms with Crippen LogP contribution in [0.1, 0.15) is 34.3 Å². The van der Waals surface area contributed by atoms with E-state index < -0.39 is 6.04 Å². The van der Waals surface area contributed by atoms with Gasteiger partial charge in [0.2, 0.25) is 0 Å². The number of nitrogens with zero attached hydrogens (tertiary/aromatic N) is 2. The van der Waals surface area contributed by atoms with E-state index in [9.17, 15) is 9.90 Å². The van der Waals surface area contributed by atoms with Crippen LogP contribution in [0.25, 0.3) is 0 Å². The van der Waals surface area contributed by atoms with Crippen LogP contribution in [0, 0.1) is 0 Å². The standard InChI is InChI=1S/C18H13BrN2O4/c19-17-8-7-16(25-17)18(23)21-13(15-6-3-9-24-15)10-12(20-21)11-4-1-2-5-14(11)22/h1-9,13,22H,10H2/t13-/m1/s1. The lowest BCUT2D eigenvalue weighted by atomic mass is 10.0. The molecule has 1 aromatic carbocycles. The molecule has 0 radical (unpaired) electrons. The topological polar surface area (TPSA) is 79.2 Å². The molecule has 6 nitrogen and oxygen atoms in total. The van der Waals surface area contributed by atoms with Gasteiger partial charge in [-0.1, -0.05) is 12.1 Å². The van der Waals surface area contributed by atoms with E-state index >= 15 is 0 Å². The molecule has 1 aliphatic heterocycles. The average molecular weight is 401 g/mol. The van der Waals surface area contributed by atoms with Gasteiger partial charge in [0.15, 0.2) is 10.4 Å². The van der Waals surface area contributed by atoms with Crippen LogP contribution in [0.2, 0.25) is 0 Å². The summed E-state index contributed by atoms with van der Waals surface area (Å²) in [6, 6.07) is 13.3. The third kappa shape index (κ3) is 2.87. The second-order valence-electron chi connectivity index (χ2n) is 5.55. The fourth-order valence-corrected chi connectivity index (χ4v) is 3.13. The largest absolute Gasteiger partial charge is 0.507 e. The summed E-state index contributed by atoms with van der Waals surface area (Å²) in [7, 11) is 0. The summed E-state index contributed by atoms with van der Waals surface area (Å²) in [6.07, 6.45) is 1.98. The van der Waals surface area contributed by atoms with Crippen LogP contribution in [0.3, 0.4) is 0 Å². The molecule has 0 unspecified atom stereocenters. The van der Waals surface area contributed by atoms with Gasteiger partial charge in [-0.25, -0.2) is 5.01 Å². The number of para-hydroxylation sites is 1. The van der Waals surface area contributed by atoms with Crippen LogP contribution in [0.4, 0.5) is 0 Å². The number of carbonyl (C=O) groups excluding carboxylic acids is 1. The molecule has 0 fully saturated rings. The zero-order valence-electron chi connectivity index (χ0n) is 12.9. The van der Waals surface area contributed by atoms with Gasteiger partial charge in [-0.3, -0.25) is 4.79 Å². The van der Waals surface area contributed by atoms with Crippen molar-refractivity contribution in [3.8, 4) is 5.75 Å². The van der Waals surface area contributed by atoms with Crippen molar-refractivity contribution >= 4 is 27.5 Å². The monoisotopic (exact) mass is 400 g/mol. The lowest BCUT2D eigenvalue weighted by Crippen LogP contribution is -2.26. The minimum Gasteiger partial charge on any atom is -0.507 e. The number of phenolic OH excluding ortho intramolecular Hbond substituents is 1. The van der Waals surface area contributed by atoms with Crippen LogP contribution in [-0.2, 0) is 0 Å². The molecule has 0 saturated carbocycles. The molecular weight excluding hydrogens is 388 g/mol. The number of rotatable bonds is 3. The molecule has 1 atom stereocenters. The lowest BCUT2D eigenvalue weighted by Gasteiger charge is -2.18. The lowest BCUT2D eigenvalue weighted by molar-refractivity contribution is 0.0659. The molecular formula is C18H13BrN2O4. The van der Waals surface area contributed by atoms with E-state index in [1.807, 2.05) is 6.07 Å². The zero-order valence-corrected chi connectivity index (χ0v) is 14.5. The third-order valence-corrected chi connectivity index (χ3v) is 4.42. The van der Waals surface area contributed by atoms with Crippen molar-refractivity contribution in [2.75, 3.05) is 0 Å². The molecule has 2 aromatic heterocycles. The van der Waals surface area contributed by atoms with Gasteiger partial charge in [-0.05, 0) is 52.3 Å². The van der Waals surface area contributed by atoms with E-state index in [-0.39, 0.29) is 17.4 Å². The summed E-state index contributed by atoms with van der Waals surface area (Å²) in [5.74, 6) is 0.533. The van der Waals surface area contributed by atoms with Gasteiger partial charge in [0.05, 0.1) is 12.0 Å². The number of hydrogen-bond acceptors (Lipinski definition) is 5. The van der Waals surface area contributed by atoms with E-state index in [0.717, 1.165) is 0 Å². The SMILES string of the molecule is O=C(c1ccc(Br)o1)N1N=C(c2ccccc2O)C[C@@H]1c1ccco1. The third-order valence-electron chi connectivity index (χ3n) is 3.99. The molecule has 126 valence electrons. The number of carbonyl (C=O) groups is 1. The Labute approximate surface area is 151 Å². The molecule has 3 heterocycles. The Hall–Kier alpha value is -2.80. The van der Waals surface area contributed by atoms with Crippen LogP contribution in [0.15, 0.2) is 73.4 Å². The summed E-state index contributed by atoms with van der Waals surface area (Å²) < 4.78 is 11.3. The molecule has 0 aliphatic carbocycles. The Balaban J connectivity index is 1.74. The Morgan fingerprint density at radius 2 is 2.04 bits per heavy atom. The van der Waals surface area contributed by atoms with E-state index in [4.69, 9.17) is 8.83 Å². The first kappa shape index (κ1) is 15.7. The number of hydrazone groups is 1. The predicted octanol–water partition coefficient (Wildman–Crippen LogP) is 4.33. The highest BCUT2D eigenvalue weighted by Crippen LogP contribution is 2.36. The second-order valence-corrected chi connectivity index (χ2v) is 6.33. The molecule has 1 amide bonds. The summed E-state index contributed by atoms with van der Waals surface area (Å²) >= 11 is 3.20. The van der Waals surface area contributed by atoms with Gasteiger partial charge in [0.1, 0.15) is 17.6 Å². The van der Waals surface area contributed by atoms with Crippen molar-refractivity contribution < 1.29 is 18.7 Å². The minimum atomic E-state index is -0.402. The summed E-state index contributed by atoms with van der Waals surface area (Å²) in [6.45, 7) is 0. The van der Waals surface area contributed by atoms with Crippen molar-refractivity contribution in [2.45, 2.75) is 12.5 Å². The van der Waals surface area contributed by atoms with Crippen molar-refractivity contribution in [2.24, 2.45) is 5.10 Å². The molecule has 4 rings (SSSR count). The number of benzene rings is 1. The highest BCUT2D eigenvalue weighted by molar-refractivity contribution is 9.10. The van der Waals surface area contributed by atoms with Gasteiger partial charge in [0.25, 0.3) is 0 Å². The first-order valence-corrected chi connectivity index (χ1v) is 8.41. The Morgan fingerprint density at radius 3 is 2.72 bits per heavy atom. The summed E-state index contributed by atoms with van der Waals surface area (Å²) in [4.78, 5) is 12.8. The number of hydrogen-bond donors (Lipinski definition) is 1. The van der Waals surface area contributed by atoms with Gasteiger partial charge in [-0.15, -0.1) is 0 Å². The minimum absolute atomic E-state index is 0.120. The normalized spacial score (nSPS) is 16.9. The number of halogens is 1. The van der Waals surface area contributed by atoms with Crippen molar-refractivity contribution in [1.82, 2.24) is 5.01 Å². The number of aromatic hydroxyl groups is 1. The Morgan fingerprint density at radius 1 is 1.20 bits per heavy atom. The number of furan rings is 2. The number of phenols is 1. The quantitative estimate of drug-likeness (QED) is 0.709. The fraction of sp³-hybridized carbons (Fsp3) is 0.111. The van der Waals surface area contributed by atoms with Gasteiger partial charge in [-0.2, -0.15) is 5.10 Å². The number of amides is 1. The molecule has 0 spiro atoms. The first-order valence-electron chi connectivity index (χ1n) is 7.61. The van der Waals surface area contributed by atoms with Crippen LogP contribution < -0.4 is 0 Å². The Kier molecular flexibility index (Phi) is 3.93. The predicted molar refractivity (Wildman–Crippen MR) is 93.3 cm³/mol. The van der Waals surface area contributed by atoms with Crippen molar-refractivity contribution in [3.05, 3.63) is 76.5 Å². The highest BCUT2D eigenvalue weighted by atomic mass is 79.9. The van der Waals surface area contributed by atoms with Crippen LogP contribution in [0.5, 0.6) is 5.75 Å². The van der Waals surface area contributed by atoms with E-state index in [1.165, 1.54) is 5.01 Å². The maximum absolute atomic E-state index is 12.8. The fourth-order valence-electron chi connectivity index (χ4n) is 2.82. The molecule has 0 saturated heterocycles. The molecule has 25 heavy (non-hydrogen) atoms. The maximum atomic E-state index is 12.8. The maximum Gasteiger partial charge on any atom is 0.310 e. The summed E-state index contributed by atoms with van der Waals surface area (Å²) in [5, 5.41) is 15.9. The highest BCUT2D eigenvalue weighted by Gasteiger charge is 2.37. The van der Waals surface area contributed by atoms with Gasteiger partial charge in [0, 0.05) is 12.0 Å². The van der Waals surface area contributed by atoms with E-state index in [0.29, 0.717) is 28.1 Å². The Bertz CT molecular complexity index is 946. The molecule has 3 aromatic rings. The zero-order chi connectivity index (χ0) is 17.4. The molecule has 7 heteroatoms. The van der Waals surface area contributed by atoms with Gasteiger partial charge >= 0.3 is 5.91 Å². The average Bonchev–Trinajstić information content (AvgIpc) is 3.34. The molecule has 1 aliphatic rings. The molecule has 1 N–H and O–H groups in total. The van der Waals surface area contributed by atoms with E-state index in [2.05, 4.69) is 21.0 Å². The van der Waals surface area contributed by atoms with Crippen LogP contribution >= 0.6 is 15.9 Å². The smallest absolute Gasteiger partial charge is 0.310 e. The van der Waals surface area contributed by atoms with Crippen molar-refractivity contribution in [3.63, 3.8) is 0 Å².